The highest BCUT2D eigenvalue weighted by atomic mass is 31.3. The molecule has 0 spiro atoms. The summed E-state index contributed by atoms with van der Waals surface area (Å²) in [6, 6.07) is 1.28. The highest BCUT2D eigenvalue weighted by Crippen LogP contribution is 2.60. The summed E-state index contributed by atoms with van der Waals surface area (Å²) in [5.41, 5.74) is 4.83. The Morgan fingerprint density at radius 1 is 0.889 bits per heavy atom. The SMILES string of the molecule is CCCCC/C=C\C/C=C\CCCCCCCC(=O)O[C@@H]1COC(=O)CCC/C=C\C[C@H]2/C=C\C(=O)[C@H](/C=C/[C@@H](O)CCCCC)[C@H](O)[C@H](O)[C@@H](COP(=O)(O)OP(=O)(O)OC1)O[C@H]2n1ccc(N)nc1=O. The molecule has 406 valence electrons. The predicted octanol–water partition coefficient (Wildman–Crippen LogP) is 7.95. The molecule has 3 rings (SSSR count). The van der Waals surface area contributed by atoms with Gasteiger partial charge in [-0.05, 0) is 76.4 Å². The lowest BCUT2D eigenvalue weighted by molar-refractivity contribution is -0.167. The van der Waals surface area contributed by atoms with Crippen molar-refractivity contribution in [3.8, 4) is 0 Å². The van der Waals surface area contributed by atoms with Crippen LogP contribution in [-0.2, 0) is 51.1 Å². The topological polar surface area (TPSA) is 303 Å². The number of hydrogen-bond donors (Lipinski definition) is 6. The number of nitrogens with zero attached hydrogens (tertiary/aromatic N) is 2. The van der Waals surface area contributed by atoms with E-state index in [1.165, 1.54) is 49.8 Å². The molecule has 0 amide bonds. The molecule has 1 aromatic rings. The van der Waals surface area contributed by atoms with Crippen molar-refractivity contribution in [2.24, 2.45) is 11.8 Å². The quantitative estimate of drug-likeness (QED) is 0.0278. The first-order valence-electron chi connectivity index (χ1n) is 25.4. The minimum absolute atomic E-state index is 0.00872. The van der Waals surface area contributed by atoms with Crippen molar-refractivity contribution in [1.29, 1.82) is 0 Å². The fourth-order valence-corrected chi connectivity index (χ4v) is 9.83. The third-order valence-corrected chi connectivity index (χ3v) is 14.4. The number of aliphatic hydroxyl groups excluding tert-OH is 3. The Kier molecular flexibility index (Phi) is 29.9. The van der Waals surface area contributed by atoms with Gasteiger partial charge in [0.25, 0.3) is 0 Å². The minimum Gasteiger partial charge on any atom is -0.462 e. The van der Waals surface area contributed by atoms with Gasteiger partial charge in [0.2, 0.25) is 0 Å². The molecule has 0 aliphatic carbocycles. The molecular formula is C50H79N3O17P2. The number of carbonyl (C=O) groups is 3. The smallest absolute Gasteiger partial charge is 0.462 e. The van der Waals surface area contributed by atoms with E-state index in [2.05, 4.69) is 40.5 Å². The summed E-state index contributed by atoms with van der Waals surface area (Å²) < 4.78 is 59.1. The number of ketones is 1. The molecule has 2 unspecified atom stereocenters. The van der Waals surface area contributed by atoms with E-state index in [0.717, 1.165) is 68.4 Å². The molecule has 10 atom stereocenters. The van der Waals surface area contributed by atoms with Crippen LogP contribution in [-0.4, -0.2) is 103 Å². The number of allylic oxidation sites excluding steroid dienone is 7. The first-order valence-corrected chi connectivity index (χ1v) is 28.3. The fraction of sp³-hybridized carbons (Fsp3) is 0.660. The third-order valence-electron chi connectivity index (χ3n) is 11.8. The molecule has 1 aromatic heterocycles. The first-order chi connectivity index (χ1) is 34.4. The number of anilines is 1. The molecule has 2 aliphatic rings. The number of nitrogens with two attached hydrogens (primary N) is 1. The highest BCUT2D eigenvalue weighted by molar-refractivity contribution is 7.61. The van der Waals surface area contributed by atoms with Crippen molar-refractivity contribution in [2.45, 2.75) is 179 Å². The van der Waals surface area contributed by atoms with Crippen LogP contribution in [0, 0.1) is 11.8 Å². The predicted molar refractivity (Wildman–Crippen MR) is 270 cm³/mol. The van der Waals surface area contributed by atoms with E-state index < -0.39 is 107 Å². The average molecular weight is 1060 g/mol. The lowest BCUT2D eigenvalue weighted by atomic mass is 9.88. The van der Waals surface area contributed by atoms with E-state index in [4.69, 9.17) is 29.0 Å². The summed E-state index contributed by atoms with van der Waals surface area (Å²) >= 11 is 0. The third kappa shape index (κ3) is 25.4. The van der Waals surface area contributed by atoms with Crippen molar-refractivity contribution in [1.82, 2.24) is 9.55 Å². The monoisotopic (exact) mass is 1060 g/mol. The van der Waals surface area contributed by atoms with Gasteiger partial charge >= 0.3 is 33.3 Å². The second kappa shape index (κ2) is 34.6. The van der Waals surface area contributed by atoms with E-state index in [1.54, 1.807) is 12.2 Å². The van der Waals surface area contributed by atoms with Crippen LogP contribution < -0.4 is 11.4 Å². The van der Waals surface area contributed by atoms with Gasteiger partial charge in [0.05, 0.1) is 31.3 Å². The van der Waals surface area contributed by atoms with Crippen molar-refractivity contribution < 1.29 is 76.2 Å². The number of aromatic nitrogens is 2. The van der Waals surface area contributed by atoms with E-state index in [9.17, 15) is 53.4 Å². The number of cyclic esters (lactones) is 1. The number of esters is 2. The van der Waals surface area contributed by atoms with Gasteiger partial charge in [-0.25, -0.2) is 13.9 Å². The summed E-state index contributed by atoms with van der Waals surface area (Å²) in [6.07, 6.45) is 22.7. The van der Waals surface area contributed by atoms with Crippen molar-refractivity contribution in [3.63, 3.8) is 0 Å². The standard InChI is InChI=1S/C50H79N3O17P2/c1-3-5-7-8-9-10-11-12-13-14-15-16-17-18-24-28-46(57)68-40-35-65-45(56)27-23-20-19-22-25-38-29-32-42(55)41(31-30-39(54)26-21-6-4-2)47(58)48(59)43(37-67-72(63,64)70-71(61,62)66-36-40)69-49(38)53-34-33-44(51)52-50(53)60/h9-10,12-13,19,22,29-34,38-41,43,47-49,54,58-59H,3-8,11,14-18,20-21,23-28,35-37H2,1-2H3,(H,61,62)(H,63,64)(H2,51,52,60)/b10-9-,13-12-,22-19-,31-30+,32-29-/t38-,39-,40+,41-,43+,47-,48+,49+/m0/s1. The second-order valence-electron chi connectivity index (χ2n) is 18.0. The lowest BCUT2D eigenvalue weighted by Gasteiger charge is -2.36. The Labute approximate surface area is 423 Å². The van der Waals surface area contributed by atoms with Crippen molar-refractivity contribution >= 4 is 39.2 Å². The van der Waals surface area contributed by atoms with Crippen LogP contribution in [0.2, 0.25) is 0 Å². The van der Waals surface area contributed by atoms with Gasteiger partial charge in [-0.1, -0.05) is 120 Å². The molecule has 2 bridgehead atoms. The number of unbranched alkanes of at least 4 members (excludes halogenated alkanes) is 10. The molecule has 7 N–H and O–H groups in total. The molecule has 0 fully saturated rings. The molecular weight excluding hydrogens is 977 g/mol. The van der Waals surface area contributed by atoms with Crippen LogP contribution in [0.3, 0.4) is 0 Å². The number of aliphatic hydroxyl groups is 3. The first kappa shape index (κ1) is 62.4. The number of phosphoric ester groups is 2. The molecule has 2 aliphatic heterocycles. The fourth-order valence-electron chi connectivity index (χ4n) is 7.72. The lowest BCUT2D eigenvalue weighted by Crippen LogP contribution is -2.49. The molecule has 0 saturated carbocycles. The average Bonchev–Trinajstić information content (AvgIpc) is 3.32. The summed E-state index contributed by atoms with van der Waals surface area (Å²) in [6.45, 7) is 1.50. The maximum atomic E-state index is 13.8. The molecule has 20 nitrogen and oxygen atoms in total. The molecule has 22 heteroatoms. The zero-order chi connectivity index (χ0) is 52.8. The highest BCUT2D eigenvalue weighted by Gasteiger charge is 2.42. The van der Waals surface area contributed by atoms with Crippen LogP contribution in [0.5, 0.6) is 0 Å². The van der Waals surface area contributed by atoms with Gasteiger partial charge in [0.1, 0.15) is 30.9 Å². The van der Waals surface area contributed by atoms with Gasteiger partial charge in [-0.2, -0.15) is 9.29 Å². The van der Waals surface area contributed by atoms with Crippen molar-refractivity contribution in [2.75, 3.05) is 25.6 Å². The molecule has 0 saturated heterocycles. The molecule has 3 heterocycles. The van der Waals surface area contributed by atoms with Crippen molar-refractivity contribution in [3.05, 3.63) is 83.5 Å². The van der Waals surface area contributed by atoms with E-state index in [-0.39, 0.29) is 31.5 Å². The number of carbonyl (C=O) groups excluding carboxylic acids is 3. The Morgan fingerprint density at radius 3 is 2.26 bits per heavy atom. The van der Waals surface area contributed by atoms with Crippen LogP contribution in [0.25, 0.3) is 0 Å². The van der Waals surface area contributed by atoms with Gasteiger partial charge in [-0.15, -0.1) is 0 Å². The number of nitrogen functional groups attached to an aromatic ring is 1. The van der Waals surface area contributed by atoms with Crippen LogP contribution in [0.1, 0.15) is 148 Å². The largest absolute Gasteiger partial charge is 0.481 e. The zero-order valence-electron chi connectivity index (χ0n) is 41.8. The normalized spacial score (nSPS) is 29.2. The molecule has 0 aromatic carbocycles. The van der Waals surface area contributed by atoms with Crippen LogP contribution >= 0.6 is 15.6 Å². The summed E-state index contributed by atoms with van der Waals surface area (Å²) in [7, 11) is -11.3. The van der Waals surface area contributed by atoms with Gasteiger partial charge in [0.15, 0.2) is 11.9 Å². The summed E-state index contributed by atoms with van der Waals surface area (Å²) in [5.74, 6) is -4.71. The van der Waals surface area contributed by atoms with Gasteiger partial charge < -0.3 is 45.1 Å². The van der Waals surface area contributed by atoms with Crippen LogP contribution in [0.15, 0.2) is 77.8 Å². The van der Waals surface area contributed by atoms with Crippen LogP contribution in [0.4, 0.5) is 5.82 Å². The Balaban J connectivity index is 1.80. The Hall–Kier alpha value is -3.91. The number of phosphoric acid groups is 2. The zero-order valence-corrected chi connectivity index (χ0v) is 43.6. The van der Waals surface area contributed by atoms with Gasteiger partial charge in [0, 0.05) is 25.0 Å². The maximum absolute atomic E-state index is 13.8. The molecule has 0 radical (unpaired) electrons. The Bertz CT molecular complexity index is 2090. The summed E-state index contributed by atoms with van der Waals surface area (Å²) in [4.78, 5) is 77.9. The number of rotatable bonds is 22. The van der Waals surface area contributed by atoms with E-state index in [0.29, 0.717) is 25.7 Å². The summed E-state index contributed by atoms with van der Waals surface area (Å²) in [5, 5.41) is 33.8. The number of fused-ring (bicyclic) bond motifs is 3. The maximum Gasteiger partial charge on any atom is 0.481 e. The van der Waals surface area contributed by atoms with E-state index >= 15 is 0 Å². The number of hydrogen-bond acceptors (Lipinski definition) is 17. The minimum atomic E-state index is -5.68. The Morgan fingerprint density at radius 2 is 1.56 bits per heavy atom. The van der Waals surface area contributed by atoms with Gasteiger partial charge in [-0.3, -0.25) is 28.0 Å². The van der Waals surface area contributed by atoms with E-state index in [1.807, 2.05) is 6.92 Å². The number of ether oxygens (including phenoxy) is 3. The molecule has 72 heavy (non-hydrogen) atoms. The second-order valence-corrected chi connectivity index (χ2v) is 21.0.